The molecule has 1 N–H and O–H groups in total. The van der Waals surface area contributed by atoms with Crippen LogP contribution in [0.1, 0.15) is 12.5 Å². The average molecular weight is 146 g/mol. The maximum atomic E-state index is 8.79. The molecule has 1 aromatic carbocycles. The standard InChI is InChI=1S/C10H10O/c1-9(11)7-8-10-5-3-2-4-6-10/h2-6,8,11H,1H3. The van der Waals surface area contributed by atoms with Gasteiger partial charge in [0.05, 0.1) is 0 Å². The summed E-state index contributed by atoms with van der Waals surface area (Å²) in [6.07, 6.45) is 1.75. The first-order valence-corrected chi connectivity index (χ1v) is 3.46. The summed E-state index contributed by atoms with van der Waals surface area (Å²) in [6, 6.07) is 9.75. The lowest BCUT2D eigenvalue weighted by Crippen LogP contribution is -1.67. The van der Waals surface area contributed by atoms with E-state index in [1.165, 1.54) is 0 Å². The third-order valence-corrected chi connectivity index (χ3v) is 1.25. The number of aliphatic hydroxyl groups is 1. The van der Waals surface area contributed by atoms with Crippen molar-refractivity contribution in [2.75, 3.05) is 0 Å². The lowest BCUT2D eigenvalue weighted by Gasteiger charge is -1.86. The normalized spacial score (nSPS) is 8.45. The van der Waals surface area contributed by atoms with E-state index in [1.54, 1.807) is 13.0 Å². The van der Waals surface area contributed by atoms with Gasteiger partial charge in [0.25, 0.3) is 0 Å². The summed E-state index contributed by atoms with van der Waals surface area (Å²) in [7, 11) is 0. The Bertz CT molecular complexity index is 275. The molecule has 0 unspecified atom stereocenters. The van der Waals surface area contributed by atoms with Crippen molar-refractivity contribution in [1.29, 1.82) is 0 Å². The molecule has 1 rings (SSSR count). The highest BCUT2D eigenvalue weighted by atomic mass is 16.3. The molecule has 0 bridgehead atoms. The van der Waals surface area contributed by atoms with Crippen LogP contribution in [0.15, 0.2) is 41.8 Å². The van der Waals surface area contributed by atoms with Gasteiger partial charge in [0.1, 0.15) is 5.76 Å². The van der Waals surface area contributed by atoms with Crippen LogP contribution in [-0.2, 0) is 0 Å². The highest BCUT2D eigenvalue weighted by molar-refractivity contribution is 5.48. The summed E-state index contributed by atoms with van der Waals surface area (Å²) in [4.78, 5) is 0. The maximum Gasteiger partial charge on any atom is 0.132 e. The first kappa shape index (κ1) is 7.64. The van der Waals surface area contributed by atoms with Crippen molar-refractivity contribution in [2.45, 2.75) is 6.92 Å². The van der Waals surface area contributed by atoms with E-state index < -0.39 is 0 Å². The van der Waals surface area contributed by atoms with Crippen molar-refractivity contribution >= 4 is 6.08 Å². The first-order chi connectivity index (χ1) is 5.29. The molecule has 1 heteroatoms. The van der Waals surface area contributed by atoms with E-state index in [-0.39, 0.29) is 5.76 Å². The zero-order valence-corrected chi connectivity index (χ0v) is 6.41. The summed E-state index contributed by atoms with van der Waals surface area (Å²) in [6.45, 7) is 1.60. The van der Waals surface area contributed by atoms with Gasteiger partial charge in [0.15, 0.2) is 0 Å². The molecule has 0 heterocycles. The quantitative estimate of drug-likeness (QED) is 0.477. The minimum Gasteiger partial charge on any atom is -0.505 e. The van der Waals surface area contributed by atoms with Gasteiger partial charge in [0, 0.05) is 6.92 Å². The molecule has 0 saturated carbocycles. The van der Waals surface area contributed by atoms with Crippen LogP contribution in [0, 0.1) is 0 Å². The monoisotopic (exact) mass is 146 g/mol. The van der Waals surface area contributed by atoms with Gasteiger partial charge in [-0.25, -0.2) is 0 Å². The molecule has 0 atom stereocenters. The van der Waals surface area contributed by atoms with Crippen molar-refractivity contribution in [3.63, 3.8) is 0 Å². The molecular formula is C10H10O. The fraction of sp³-hybridized carbons (Fsp3) is 0.100. The number of aliphatic hydroxyl groups excluding tert-OH is 1. The molecule has 11 heavy (non-hydrogen) atoms. The van der Waals surface area contributed by atoms with Crippen LogP contribution in [0.3, 0.4) is 0 Å². The minimum absolute atomic E-state index is 0.203. The van der Waals surface area contributed by atoms with Crippen molar-refractivity contribution in [3.05, 3.63) is 47.4 Å². The zero-order chi connectivity index (χ0) is 8.10. The van der Waals surface area contributed by atoms with Crippen LogP contribution >= 0.6 is 0 Å². The summed E-state index contributed by atoms with van der Waals surface area (Å²) in [5.74, 6) is 0.203. The fourth-order valence-corrected chi connectivity index (χ4v) is 0.737. The number of benzene rings is 1. The number of hydrogen-bond donors (Lipinski definition) is 1. The SMILES string of the molecule is CC(O)=C=Cc1ccccc1. The Morgan fingerprint density at radius 1 is 1.36 bits per heavy atom. The van der Waals surface area contributed by atoms with Crippen LogP contribution < -0.4 is 0 Å². The Hall–Kier alpha value is -1.46. The summed E-state index contributed by atoms with van der Waals surface area (Å²) >= 11 is 0. The van der Waals surface area contributed by atoms with Crippen LogP contribution in [-0.4, -0.2) is 5.11 Å². The van der Waals surface area contributed by atoms with Crippen molar-refractivity contribution in [2.24, 2.45) is 0 Å². The summed E-state index contributed by atoms with van der Waals surface area (Å²) in [5.41, 5.74) is 3.75. The third kappa shape index (κ3) is 2.74. The highest BCUT2D eigenvalue weighted by Crippen LogP contribution is 1.99. The van der Waals surface area contributed by atoms with E-state index in [0.29, 0.717) is 0 Å². The van der Waals surface area contributed by atoms with Gasteiger partial charge in [-0.2, -0.15) is 0 Å². The molecular weight excluding hydrogens is 136 g/mol. The molecule has 0 aliphatic rings. The second-order valence-electron chi connectivity index (χ2n) is 2.28. The predicted molar refractivity (Wildman–Crippen MR) is 46.2 cm³/mol. The maximum absolute atomic E-state index is 8.79. The topological polar surface area (TPSA) is 20.2 Å². The van der Waals surface area contributed by atoms with Crippen LogP contribution in [0.25, 0.3) is 6.08 Å². The van der Waals surface area contributed by atoms with Crippen LogP contribution in [0.4, 0.5) is 0 Å². The minimum atomic E-state index is 0.203. The Morgan fingerprint density at radius 2 is 2.00 bits per heavy atom. The molecule has 0 fully saturated rings. The van der Waals surface area contributed by atoms with Gasteiger partial charge in [-0.1, -0.05) is 36.1 Å². The molecule has 0 aliphatic carbocycles. The van der Waals surface area contributed by atoms with E-state index in [9.17, 15) is 0 Å². The van der Waals surface area contributed by atoms with Gasteiger partial charge in [-0.05, 0) is 11.6 Å². The predicted octanol–water partition coefficient (Wildman–Crippen LogP) is 2.76. The highest BCUT2D eigenvalue weighted by Gasteiger charge is 1.79. The molecule has 0 aliphatic heterocycles. The molecule has 56 valence electrons. The van der Waals surface area contributed by atoms with Crippen LogP contribution in [0.2, 0.25) is 0 Å². The second kappa shape index (κ2) is 3.65. The largest absolute Gasteiger partial charge is 0.505 e. The molecule has 1 nitrogen and oxygen atoms in total. The van der Waals surface area contributed by atoms with Crippen LogP contribution in [0.5, 0.6) is 0 Å². The fourth-order valence-electron chi connectivity index (χ4n) is 0.737. The number of rotatable bonds is 1. The van der Waals surface area contributed by atoms with E-state index in [1.807, 2.05) is 30.3 Å². The molecule has 0 spiro atoms. The number of allylic oxidation sites excluding steroid dienone is 1. The Morgan fingerprint density at radius 3 is 2.55 bits per heavy atom. The van der Waals surface area contributed by atoms with E-state index >= 15 is 0 Å². The van der Waals surface area contributed by atoms with Gasteiger partial charge in [-0.15, -0.1) is 0 Å². The van der Waals surface area contributed by atoms with Gasteiger partial charge in [0.2, 0.25) is 0 Å². The zero-order valence-electron chi connectivity index (χ0n) is 6.41. The molecule has 1 aromatic rings. The van der Waals surface area contributed by atoms with Gasteiger partial charge >= 0.3 is 0 Å². The van der Waals surface area contributed by atoms with Gasteiger partial charge < -0.3 is 5.11 Å². The van der Waals surface area contributed by atoms with E-state index in [0.717, 1.165) is 5.56 Å². The average Bonchev–Trinajstić information content (AvgIpc) is 2.03. The van der Waals surface area contributed by atoms with E-state index in [2.05, 4.69) is 5.73 Å². The van der Waals surface area contributed by atoms with Gasteiger partial charge in [-0.3, -0.25) is 0 Å². The third-order valence-electron chi connectivity index (χ3n) is 1.25. The Balaban J connectivity index is 2.89. The second-order valence-corrected chi connectivity index (χ2v) is 2.28. The summed E-state index contributed by atoms with van der Waals surface area (Å²) in [5, 5.41) is 8.79. The Kier molecular flexibility index (Phi) is 2.53. The molecule has 0 radical (unpaired) electrons. The van der Waals surface area contributed by atoms with Crippen molar-refractivity contribution in [1.82, 2.24) is 0 Å². The lowest BCUT2D eigenvalue weighted by molar-refractivity contribution is 0.416. The molecule has 0 aromatic heterocycles. The molecule has 0 saturated heterocycles. The van der Waals surface area contributed by atoms with Crippen molar-refractivity contribution in [3.8, 4) is 0 Å². The molecule has 0 amide bonds. The lowest BCUT2D eigenvalue weighted by atomic mass is 10.2. The first-order valence-electron chi connectivity index (χ1n) is 3.46. The van der Waals surface area contributed by atoms with Crippen molar-refractivity contribution < 1.29 is 5.11 Å². The smallest absolute Gasteiger partial charge is 0.132 e. The summed E-state index contributed by atoms with van der Waals surface area (Å²) < 4.78 is 0. The Labute approximate surface area is 66.3 Å². The van der Waals surface area contributed by atoms with E-state index in [4.69, 9.17) is 5.11 Å². The number of hydrogen-bond acceptors (Lipinski definition) is 1.